The van der Waals surface area contributed by atoms with Crippen molar-refractivity contribution in [3.8, 4) is 0 Å². The number of amides is 1. The van der Waals surface area contributed by atoms with Gasteiger partial charge in [-0.3, -0.25) is 4.79 Å². The predicted octanol–water partition coefficient (Wildman–Crippen LogP) is 2.77. The Bertz CT molecular complexity index is 495. The van der Waals surface area contributed by atoms with Gasteiger partial charge in [-0.1, -0.05) is 0 Å². The number of benzene rings is 1. The molecule has 2 N–H and O–H groups in total. The number of hydrogen-bond donors (Lipinski definition) is 1. The molecule has 3 nitrogen and oxygen atoms in total. The second-order valence-corrected chi connectivity index (χ2v) is 4.93. The third-order valence-electron chi connectivity index (χ3n) is 3.19. The Morgan fingerprint density at radius 3 is 2.58 bits per heavy atom. The lowest BCUT2D eigenvalue weighted by Gasteiger charge is -2.18. The summed E-state index contributed by atoms with van der Waals surface area (Å²) in [6.07, 6.45) is -2.34. The molecule has 0 atom stereocenters. The number of nitrogens with two attached hydrogens (primary N) is 1. The summed E-state index contributed by atoms with van der Waals surface area (Å²) in [6, 6.07) is 2.83. The van der Waals surface area contributed by atoms with Gasteiger partial charge in [-0.15, -0.1) is 0 Å². The van der Waals surface area contributed by atoms with Crippen molar-refractivity contribution in [1.29, 1.82) is 0 Å². The SMILES string of the molecule is CN(CC1CC1)C(=O)c1cc(C(F)(F)F)ccc1N. The van der Waals surface area contributed by atoms with Crippen LogP contribution in [-0.4, -0.2) is 24.4 Å². The lowest BCUT2D eigenvalue weighted by molar-refractivity contribution is -0.137. The van der Waals surface area contributed by atoms with Crippen molar-refractivity contribution in [2.45, 2.75) is 19.0 Å². The zero-order chi connectivity index (χ0) is 14.2. The molecular formula is C13H15F3N2O. The normalized spacial score (nSPS) is 15.4. The number of nitrogen functional groups attached to an aromatic ring is 1. The van der Waals surface area contributed by atoms with E-state index in [0.29, 0.717) is 12.5 Å². The molecule has 6 heteroatoms. The Labute approximate surface area is 109 Å². The van der Waals surface area contributed by atoms with Crippen molar-refractivity contribution in [3.63, 3.8) is 0 Å². The van der Waals surface area contributed by atoms with Gasteiger partial charge in [0, 0.05) is 19.3 Å². The van der Waals surface area contributed by atoms with E-state index >= 15 is 0 Å². The summed E-state index contributed by atoms with van der Waals surface area (Å²) in [6.45, 7) is 0.564. The summed E-state index contributed by atoms with van der Waals surface area (Å²) in [5, 5.41) is 0. The summed E-state index contributed by atoms with van der Waals surface area (Å²) >= 11 is 0. The Balaban J connectivity index is 2.24. The molecule has 0 heterocycles. The number of halogens is 3. The van der Waals surface area contributed by atoms with Crippen LogP contribution in [0.4, 0.5) is 18.9 Å². The van der Waals surface area contributed by atoms with Crippen LogP contribution in [0.3, 0.4) is 0 Å². The van der Waals surface area contributed by atoms with E-state index in [0.717, 1.165) is 31.0 Å². The van der Waals surface area contributed by atoms with Gasteiger partial charge in [0.25, 0.3) is 5.91 Å². The van der Waals surface area contributed by atoms with Crippen molar-refractivity contribution in [1.82, 2.24) is 4.90 Å². The summed E-state index contributed by atoms with van der Waals surface area (Å²) in [5.41, 5.74) is 4.73. The van der Waals surface area contributed by atoms with Gasteiger partial charge in [-0.25, -0.2) is 0 Å². The summed E-state index contributed by atoms with van der Waals surface area (Å²) < 4.78 is 37.9. The topological polar surface area (TPSA) is 46.3 Å². The van der Waals surface area contributed by atoms with Crippen LogP contribution in [-0.2, 0) is 6.18 Å². The monoisotopic (exact) mass is 272 g/mol. The second-order valence-electron chi connectivity index (χ2n) is 4.93. The molecule has 0 radical (unpaired) electrons. The quantitative estimate of drug-likeness (QED) is 0.860. The minimum Gasteiger partial charge on any atom is -0.398 e. The van der Waals surface area contributed by atoms with Gasteiger partial charge in [0.05, 0.1) is 11.1 Å². The molecule has 1 aliphatic carbocycles. The van der Waals surface area contributed by atoms with Crippen LogP contribution in [0, 0.1) is 5.92 Å². The lowest BCUT2D eigenvalue weighted by atomic mass is 10.1. The highest BCUT2D eigenvalue weighted by molar-refractivity contribution is 5.99. The number of nitrogens with zero attached hydrogens (tertiary/aromatic N) is 1. The first kappa shape index (κ1) is 13.7. The lowest BCUT2D eigenvalue weighted by Crippen LogP contribution is -2.29. The molecule has 0 aliphatic heterocycles. The summed E-state index contributed by atoms with van der Waals surface area (Å²) in [7, 11) is 1.58. The Morgan fingerprint density at radius 2 is 2.05 bits per heavy atom. The van der Waals surface area contributed by atoms with Crippen molar-refractivity contribution < 1.29 is 18.0 Å². The molecular weight excluding hydrogens is 257 g/mol. The average molecular weight is 272 g/mol. The van der Waals surface area contributed by atoms with E-state index < -0.39 is 17.6 Å². The molecule has 0 saturated heterocycles. The van der Waals surface area contributed by atoms with Crippen molar-refractivity contribution in [2.24, 2.45) is 5.92 Å². The highest BCUT2D eigenvalue weighted by Gasteiger charge is 2.32. The third kappa shape index (κ3) is 3.19. The number of hydrogen-bond acceptors (Lipinski definition) is 2. The minimum absolute atomic E-state index is 0.0700. The zero-order valence-electron chi connectivity index (χ0n) is 10.5. The fraction of sp³-hybridized carbons (Fsp3) is 0.462. The van der Waals surface area contributed by atoms with Crippen LogP contribution in [0.5, 0.6) is 0 Å². The highest BCUT2D eigenvalue weighted by atomic mass is 19.4. The van der Waals surface area contributed by atoms with Crippen LogP contribution < -0.4 is 5.73 Å². The van der Waals surface area contributed by atoms with E-state index in [-0.39, 0.29) is 11.3 Å². The minimum atomic E-state index is -4.47. The predicted molar refractivity (Wildman–Crippen MR) is 65.5 cm³/mol. The van der Waals surface area contributed by atoms with Gasteiger partial charge in [-0.2, -0.15) is 13.2 Å². The standard InChI is InChI=1S/C13H15F3N2O/c1-18(7-8-2-3-8)12(19)10-6-9(13(14,15)16)4-5-11(10)17/h4-6,8H,2-3,7,17H2,1H3. The first-order valence-electron chi connectivity index (χ1n) is 6.01. The molecule has 19 heavy (non-hydrogen) atoms. The van der Waals surface area contributed by atoms with E-state index in [2.05, 4.69) is 0 Å². The fourth-order valence-corrected chi connectivity index (χ4v) is 1.89. The van der Waals surface area contributed by atoms with Gasteiger partial charge in [0.1, 0.15) is 0 Å². The van der Waals surface area contributed by atoms with E-state index in [1.54, 1.807) is 7.05 Å². The van der Waals surface area contributed by atoms with Gasteiger partial charge in [0.15, 0.2) is 0 Å². The zero-order valence-corrected chi connectivity index (χ0v) is 10.5. The summed E-state index contributed by atoms with van der Waals surface area (Å²) in [4.78, 5) is 13.5. The van der Waals surface area contributed by atoms with E-state index in [4.69, 9.17) is 5.73 Å². The molecule has 0 aromatic heterocycles. The smallest absolute Gasteiger partial charge is 0.398 e. The Morgan fingerprint density at radius 1 is 1.42 bits per heavy atom. The van der Waals surface area contributed by atoms with Gasteiger partial charge < -0.3 is 10.6 Å². The highest BCUT2D eigenvalue weighted by Crippen LogP contribution is 2.32. The maximum absolute atomic E-state index is 12.6. The van der Waals surface area contributed by atoms with Crippen LogP contribution in [0.2, 0.25) is 0 Å². The molecule has 0 spiro atoms. The molecule has 2 rings (SSSR count). The molecule has 1 aromatic carbocycles. The first-order chi connectivity index (χ1) is 8.79. The fourth-order valence-electron chi connectivity index (χ4n) is 1.89. The van der Waals surface area contributed by atoms with E-state index in [9.17, 15) is 18.0 Å². The summed E-state index contributed by atoms with van der Waals surface area (Å²) in [5.74, 6) is 0.0106. The molecule has 0 unspecified atom stereocenters. The van der Waals surface area contributed by atoms with Gasteiger partial charge >= 0.3 is 6.18 Å². The van der Waals surface area contributed by atoms with Gasteiger partial charge in [-0.05, 0) is 37.0 Å². The first-order valence-corrected chi connectivity index (χ1v) is 6.01. The van der Waals surface area contributed by atoms with Gasteiger partial charge in [0.2, 0.25) is 0 Å². The van der Waals surface area contributed by atoms with Crippen molar-refractivity contribution in [3.05, 3.63) is 29.3 Å². The van der Waals surface area contributed by atoms with Crippen molar-refractivity contribution >= 4 is 11.6 Å². The Hall–Kier alpha value is -1.72. The van der Waals surface area contributed by atoms with Crippen LogP contribution in [0.25, 0.3) is 0 Å². The van der Waals surface area contributed by atoms with E-state index in [1.165, 1.54) is 4.90 Å². The molecule has 1 aromatic rings. The van der Waals surface area contributed by atoms with Crippen molar-refractivity contribution in [2.75, 3.05) is 19.3 Å². The maximum atomic E-state index is 12.6. The largest absolute Gasteiger partial charge is 0.416 e. The molecule has 0 bridgehead atoms. The number of rotatable bonds is 3. The average Bonchev–Trinajstić information content (AvgIpc) is 3.11. The maximum Gasteiger partial charge on any atom is 0.416 e. The molecule has 1 amide bonds. The number of carbonyl (C=O) groups is 1. The number of carbonyl (C=O) groups excluding carboxylic acids is 1. The van der Waals surface area contributed by atoms with Crippen LogP contribution >= 0.6 is 0 Å². The molecule has 1 aliphatic rings. The van der Waals surface area contributed by atoms with E-state index in [1.807, 2.05) is 0 Å². The van der Waals surface area contributed by atoms with Crippen LogP contribution in [0.15, 0.2) is 18.2 Å². The second kappa shape index (κ2) is 4.75. The van der Waals surface area contributed by atoms with Crippen LogP contribution in [0.1, 0.15) is 28.8 Å². The molecule has 104 valence electrons. The number of alkyl halides is 3. The molecule has 1 fully saturated rings. The molecule has 1 saturated carbocycles. The third-order valence-corrected chi connectivity index (χ3v) is 3.19. The Kier molecular flexibility index (Phi) is 3.43. The number of anilines is 1.